The summed E-state index contributed by atoms with van der Waals surface area (Å²) in [7, 11) is 0. The third-order valence-corrected chi connectivity index (χ3v) is 3.83. The molecule has 0 radical (unpaired) electrons. The number of oxime groups is 1. The fraction of sp³-hybridized carbons (Fsp3) is 0.562. The molecule has 1 aliphatic carbocycles. The maximum Gasteiger partial charge on any atom is 0.175 e. The second kappa shape index (κ2) is 6.95. The number of hydrogen-bond acceptors (Lipinski definition) is 2. The second-order valence-electron chi connectivity index (χ2n) is 5.50. The first-order chi connectivity index (χ1) is 9.16. The van der Waals surface area contributed by atoms with Crippen LogP contribution in [0.15, 0.2) is 29.4 Å². The van der Waals surface area contributed by atoms with Crippen LogP contribution in [-0.4, -0.2) is 11.3 Å². The van der Waals surface area contributed by atoms with Gasteiger partial charge in [-0.1, -0.05) is 54.2 Å². The van der Waals surface area contributed by atoms with Crippen molar-refractivity contribution in [3.8, 4) is 0 Å². The largest absolute Gasteiger partial charge is 0.392 e. The molecule has 1 aromatic carbocycles. The van der Waals surface area contributed by atoms with Crippen LogP contribution < -0.4 is 0 Å². The lowest BCUT2D eigenvalue weighted by Gasteiger charge is -2.22. The molecule has 0 unspecified atom stereocenters. The van der Waals surface area contributed by atoms with Gasteiger partial charge in [0.2, 0.25) is 0 Å². The molecule has 0 spiro atoms. The van der Waals surface area contributed by atoms with Gasteiger partial charge in [-0.05, 0) is 44.2 Å². The Balaban J connectivity index is 2.11. The van der Waals surface area contributed by atoms with Gasteiger partial charge in [-0.2, -0.15) is 0 Å². The minimum Gasteiger partial charge on any atom is -0.392 e. The van der Waals surface area contributed by atoms with Crippen LogP contribution in [-0.2, 0) is 4.84 Å². The molecule has 0 aromatic heterocycles. The Morgan fingerprint density at radius 3 is 2.68 bits per heavy atom. The van der Waals surface area contributed by atoms with Gasteiger partial charge < -0.3 is 4.84 Å². The number of halogens is 1. The van der Waals surface area contributed by atoms with E-state index >= 15 is 0 Å². The van der Waals surface area contributed by atoms with E-state index in [1.807, 2.05) is 19.9 Å². The standard InChI is InChI=1S/C16H22ClNO/c1-12(2)19-18-16(17)15-10-6-9-14(11-15)13-7-4-3-5-8-13/h6,9-13H,3-5,7-8H2,1-2H3/b18-16+. The maximum atomic E-state index is 6.19. The van der Waals surface area contributed by atoms with Gasteiger partial charge in [0.15, 0.2) is 5.17 Å². The van der Waals surface area contributed by atoms with Gasteiger partial charge in [-0.15, -0.1) is 0 Å². The molecule has 1 aliphatic rings. The zero-order valence-electron chi connectivity index (χ0n) is 11.7. The number of rotatable bonds is 4. The monoisotopic (exact) mass is 279 g/mol. The highest BCUT2D eigenvalue weighted by Gasteiger charge is 2.16. The zero-order valence-corrected chi connectivity index (χ0v) is 12.5. The molecule has 2 rings (SSSR count). The SMILES string of the molecule is CC(C)O/N=C(/Cl)c1cccc(C2CCCCC2)c1. The summed E-state index contributed by atoms with van der Waals surface area (Å²) in [4.78, 5) is 5.20. The van der Waals surface area contributed by atoms with Crippen molar-refractivity contribution in [2.24, 2.45) is 5.16 Å². The van der Waals surface area contributed by atoms with Gasteiger partial charge in [0.05, 0.1) is 0 Å². The van der Waals surface area contributed by atoms with Crippen LogP contribution in [0.4, 0.5) is 0 Å². The number of nitrogens with zero attached hydrogens (tertiary/aromatic N) is 1. The summed E-state index contributed by atoms with van der Waals surface area (Å²) in [5.74, 6) is 0.684. The van der Waals surface area contributed by atoms with Crippen molar-refractivity contribution in [1.29, 1.82) is 0 Å². The molecule has 104 valence electrons. The Hall–Kier alpha value is -1.02. The summed E-state index contributed by atoms with van der Waals surface area (Å²) in [5.41, 5.74) is 2.33. The minimum absolute atomic E-state index is 0.0512. The summed E-state index contributed by atoms with van der Waals surface area (Å²) in [6.45, 7) is 3.87. The van der Waals surface area contributed by atoms with Gasteiger partial charge in [0.25, 0.3) is 0 Å². The molecule has 0 bridgehead atoms. The van der Waals surface area contributed by atoms with Crippen molar-refractivity contribution in [3.05, 3.63) is 35.4 Å². The molecule has 1 aromatic rings. The van der Waals surface area contributed by atoms with Gasteiger partial charge in [-0.3, -0.25) is 0 Å². The maximum absolute atomic E-state index is 6.19. The van der Waals surface area contributed by atoms with E-state index in [9.17, 15) is 0 Å². The van der Waals surface area contributed by atoms with Crippen LogP contribution >= 0.6 is 11.6 Å². The third-order valence-electron chi connectivity index (χ3n) is 3.55. The summed E-state index contributed by atoms with van der Waals surface area (Å²) in [5, 5.41) is 4.40. The highest BCUT2D eigenvalue weighted by atomic mass is 35.5. The van der Waals surface area contributed by atoms with Crippen LogP contribution in [0.25, 0.3) is 0 Å². The fourth-order valence-electron chi connectivity index (χ4n) is 2.56. The molecule has 0 amide bonds. The van der Waals surface area contributed by atoms with E-state index in [0.717, 1.165) is 5.56 Å². The lowest BCUT2D eigenvalue weighted by Crippen LogP contribution is -2.06. The normalized spacial score (nSPS) is 17.8. The molecule has 19 heavy (non-hydrogen) atoms. The molecule has 0 saturated heterocycles. The van der Waals surface area contributed by atoms with E-state index < -0.39 is 0 Å². The van der Waals surface area contributed by atoms with Crippen molar-refractivity contribution in [1.82, 2.24) is 0 Å². The Kier molecular flexibility index (Phi) is 5.26. The molecule has 3 heteroatoms. The van der Waals surface area contributed by atoms with E-state index in [1.165, 1.54) is 37.7 Å². The summed E-state index contributed by atoms with van der Waals surface area (Å²) in [6, 6.07) is 8.41. The average molecular weight is 280 g/mol. The first-order valence-corrected chi connectivity index (χ1v) is 7.54. The topological polar surface area (TPSA) is 21.6 Å². The Bertz CT molecular complexity index is 436. The van der Waals surface area contributed by atoms with Crippen molar-refractivity contribution in [2.45, 2.75) is 58.0 Å². The smallest absolute Gasteiger partial charge is 0.175 e. The van der Waals surface area contributed by atoms with E-state index in [4.69, 9.17) is 16.4 Å². The molecule has 1 saturated carbocycles. The molecule has 0 N–H and O–H groups in total. The van der Waals surface area contributed by atoms with Crippen molar-refractivity contribution < 1.29 is 4.84 Å². The van der Waals surface area contributed by atoms with Crippen molar-refractivity contribution >= 4 is 16.8 Å². The van der Waals surface area contributed by atoms with E-state index in [-0.39, 0.29) is 6.10 Å². The first-order valence-electron chi connectivity index (χ1n) is 7.16. The van der Waals surface area contributed by atoms with Crippen LogP contribution in [0.1, 0.15) is 63.0 Å². The summed E-state index contributed by atoms with van der Waals surface area (Å²) in [6.07, 6.45) is 6.69. The highest BCUT2D eigenvalue weighted by molar-refractivity contribution is 6.69. The van der Waals surface area contributed by atoms with Gasteiger partial charge >= 0.3 is 0 Å². The van der Waals surface area contributed by atoms with Crippen molar-refractivity contribution in [3.63, 3.8) is 0 Å². The molecular formula is C16H22ClNO. The first kappa shape index (κ1) is 14.4. The van der Waals surface area contributed by atoms with Gasteiger partial charge in [0.1, 0.15) is 6.10 Å². The van der Waals surface area contributed by atoms with Crippen molar-refractivity contribution in [2.75, 3.05) is 0 Å². The van der Waals surface area contributed by atoms with Crippen LogP contribution in [0.5, 0.6) is 0 Å². The van der Waals surface area contributed by atoms with Crippen LogP contribution in [0.2, 0.25) is 0 Å². The van der Waals surface area contributed by atoms with Crippen LogP contribution in [0.3, 0.4) is 0 Å². The summed E-state index contributed by atoms with van der Waals surface area (Å²) >= 11 is 6.19. The van der Waals surface area contributed by atoms with Crippen LogP contribution in [0, 0.1) is 0 Å². The second-order valence-corrected chi connectivity index (χ2v) is 5.85. The number of benzene rings is 1. The Labute approximate surface area is 120 Å². The Morgan fingerprint density at radius 1 is 1.26 bits per heavy atom. The molecule has 2 nitrogen and oxygen atoms in total. The van der Waals surface area contributed by atoms with E-state index in [0.29, 0.717) is 11.1 Å². The zero-order chi connectivity index (χ0) is 13.7. The molecule has 0 aliphatic heterocycles. The van der Waals surface area contributed by atoms with E-state index in [1.54, 1.807) is 0 Å². The highest BCUT2D eigenvalue weighted by Crippen LogP contribution is 2.33. The predicted molar refractivity (Wildman–Crippen MR) is 80.9 cm³/mol. The third kappa shape index (κ3) is 4.24. The molecule has 0 atom stereocenters. The van der Waals surface area contributed by atoms with E-state index in [2.05, 4.69) is 23.4 Å². The minimum atomic E-state index is 0.0512. The molecule has 0 heterocycles. The fourth-order valence-corrected chi connectivity index (χ4v) is 2.72. The van der Waals surface area contributed by atoms with Gasteiger partial charge in [-0.25, -0.2) is 0 Å². The number of hydrogen-bond donors (Lipinski definition) is 0. The molecular weight excluding hydrogens is 258 g/mol. The quantitative estimate of drug-likeness (QED) is 0.558. The lowest BCUT2D eigenvalue weighted by molar-refractivity contribution is 0.0868. The lowest BCUT2D eigenvalue weighted by atomic mass is 9.84. The summed E-state index contributed by atoms with van der Waals surface area (Å²) < 4.78 is 0. The Morgan fingerprint density at radius 2 is 2.00 bits per heavy atom. The predicted octanol–water partition coefficient (Wildman–Crippen LogP) is 5.06. The molecule has 1 fully saturated rings. The average Bonchev–Trinajstić information content (AvgIpc) is 2.46. The van der Waals surface area contributed by atoms with Gasteiger partial charge in [0, 0.05) is 5.56 Å².